The van der Waals surface area contributed by atoms with E-state index in [-0.39, 0.29) is 0 Å². The van der Waals surface area contributed by atoms with E-state index in [1.54, 1.807) is 0 Å². The lowest BCUT2D eigenvalue weighted by molar-refractivity contribution is 0.515. The number of hydrogen-bond acceptors (Lipinski definition) is 1. The molecule has 22 heavy (non-hydrogen) atoms. The van der Waals surface area contributed by atoms with Crippen molar-refractivity contribution in [2.75, 3.05) is 0 Å². The van der Waals surface area contributed by atoms with E-state index >= 15 is 0 Å². The van der Waals surface area contributed by atoms with E-state index in [4.69, 9.17) is 4.43 Å². The second-order valence-electron chi connectivity index (χ2n) is 7.87. The molecule has 0 spiro atoms. The lowest BCUT2D eigenvalue weighted by Crippen LogP contribution is -2.26. The van der Waals surface area contributed by atoms with E-state index in [1.165, 1.54) is 18.0 Å². The monoisotopic (exact) mass is 332 g/mol. The molecule has 0 aliphatic rings. The van der Waals surface area contributed by atoms with Crippen LogP contribution in [0.3, 0.4) is 0 Å². The predicted molar refractivity (Wildman–Crippen MR) is 104 cm³/mol. The molecule has 0 saturated heterocycles. The molecular formula is C19H32OSi2. The van der Waals surface area contributed by atoms with E-state index in [2.05, 4.69) is 82.3 Å². The van der Waals surface area contributed by atoms with Crippen LogP contribution in [0.25, 0.3) is 5.76 Å². The van der Waals surface area contributed by atoms with Gasteiger partial charge in [-0.3, -0.25) is 0 Å². The Morgan fingerprint density at radius 1 is 1.00 bits per heavy atom. The summed E-state index contributed by atoms with van der Waals surface area (Å²) in [4.78, 5) is 0. The molecule has 0 atom stereocenters. The van der Waals surface area contributed by atoms with Gasteiger partial charge in [0.2, 0.25) is 8.32 Å². The molecule has 1 rings (SSSR count). The van der Waals surface area contributed by atoms with Gasteiger partial charge in [0, 0.05) is 5.56 Å². The fourth-order valence-electron chi connectivity index (χ4n) is 2.17. The lowest BCUT2D eigenvalue weighted by Gasteiger charge is -2.23. The average molecular weight is 333 g/mol. The van der Waals surface area contributed by atoms with Crippen LogP contribution in [0.5, 0.6) is 0 Å². The number of rotatable bonds is 7. The minimum atomic E-state index is -1.66. The smallest absolute Gasteiger partial charge is 0.243 e. The maximum atomic E-state index is 6.38. The second kappa shape index (κ2) is 8.00. The molecule has 0 saturated carbocycles. The van der Waals surface area contributed by atoms with Gasteiger partial charge in [0.05, 0.1) is 8.07 Å². The summed E-state index contributed by atoms with van der Waals surface area (Å²) in [6, 6.07) is 10.5. The molecule has 0 heterocycles. The molecule has 0 unspecified atom stereocenters. The fraction of sp³-hybridized carbons (Fsp3) is 0.526. The summed E-state index contributed by atoms with van der Waals surface area (Å²) < 4.78 is 6.38. The van der Waals surface area contributed by atoms with Crippen molar-refractivity contribution in [3.8, 4) is 0 Å². The molecular weight excluding hydrogens is 300 g/mol. The van der Waals surface area contributed by atoms with Crippen molar-refractivity contribution in [3.63, 3.8) is 0 Å². The van der Waals surface area contributed by atoms with Gasteiger partial charge in [0.15, 0.2) is 5.76 Å². The highest BCUT2D eigenvalue weighted by Gasteiger charge is 2.22. The van der Waals surface area contributed by atoms with Crippen molar-refractivity contribution in [1.29, 1.82) is 0 Å². The third-order valence-corrected chi connectivity index (χ3v) is 6.40. The van der Waals surface area contributed by atoms with Crippen LogP contribution in [0.15, 0.2) is 41.3 Å². The van der Waals surface area contributed by atoms with Gasteiger partial charge in [-0.05, 0) is 37.7 Å². The Kier molecular flexibility index (Phi) is 6.92. The first kappa shape index (κ1) is 19.0. The Hall–Kier alpha value is -1.03. The van der Waals surface area contributed by atoms with Crippen LogP contribution in [0.1, 0.15) is 31.7 Å². The zero-order valence-corrected chi connectivity index (χ0v) is 17.4. The number of benzene rings is 1. The Bertz CT molecular complexity index is 527. The predicted octanol–water partition coefficient (Wildman–Crippen LogP) is 6.47. The summed E-state index contributed by atoms with van der Waals surface area (Å²) in [6.45, 7) is 16.2. The molecule has 0 aliphatic carbocycles. The average Bonchev–Trinajstić information content (AvgIpc) is 2.40. The SMILES string of the molecule is CCCCC(=C=C(O[Si](C)(C)C)c1ccccc1)[Si](C)(C)C. The van der Waals surface area contributed by atoms with Crippen molar-refractivity contribution in [2.24, 2.45) is 0 Å². The molecule has 0 aliphatic heterocycles. The number of hydrogen-bond donors (Lipinski definition) is 0. The Labute approximate surface area is 139 Å². The molecule has 1 aromatic carbocycles. The van der Waals surface area contributed by atoms with E-state index in [9.17, 15) is 0 Å². The molecule has 3 heteroatoms. The maximum absolute atomic E-state index is 6.38. The molecule has 1 nitrogen and oxygen atoms in total. The summed E-state index contributed by atoms with van der Waals surface area (Å²) in [7, 11) is -3.03. The van der Waals surface area contributed by atoms with E-state index in [0.29, 0.717) is 0 Å². The molecule has 0 aromatic heterocycles. The molecule has 0 radical (unpaired) electrons. The molecule has 1 aromatic rings. The standard InChI is InChI=1S/C19H32OSi2/c1-8-9-15-18(21(2,3)4)16-19(20-22(5,6)7)17-13-11-10-12-14-17/h10-14H,8-9,15H2,1-7H3. The highest BCUT2D eigenvalue weighted by atomic mass is 28.4. The summed E-state index contributed by atoms with van der Waals surface area (Å²) in [5, 5.41) is 1.49. The molecule has 0 amide bonds. The Balaban J connectivity index is 3.40. The first-order valence-corrected chi connectivity index (χ1v) is 15.3. The quantitative estimate of drug-likeness (QED) is 0.316. The Morgan fingerprint density at radius 2 is 1.59 bits per heavy atom. The summed E-state index contributed by atoms with van der Waals surface area (Å²) in [5.41, 5.74) is 4.86. The van der Waals surface area contributed by atoms with E-state index < -0.39 is 16.4 Å². The summed E-state index contributed by atoms with van der Waals surface area (Å²) in [5.74, 6) is 0.952. The first-order chi connectivity index (χ1) is 10.1. The summed E-state index contributed by atoms with van der Waals surface area (Å²) in [6.07, 6.45) is 3.62. The van der Waals surface area contributed by atoms with Gasteiger partial charge in [-0.25, -0.2) is 0 Å². The van der Waals surface area contributed by atoms with Crippen molar-refractivity contribution in [3.05, 3.63) is 46.8 Å². The van der Waals surface area contributed by atoms with Gasteiger partial charge < -0.3 is 4.43 Å². The maximum Gasteiger partial charge on any atom is 0.243 e. The first-order valence-electron chi connectivity index (χ1n) is 8.38. The normalized spacial score (nSPS) is 11.8. The van der Waals surface area contributed by atoms with Gasteiger partial charge in [-0.1, -0.05) is 69.0 Å². The van der Waals surface area contributed by atoms with E-state index in [0.717, 1.165) is 17.7 Å². The van der Waals surface area contributed by atoms with Crippen LogP contribution in [0.2, 0.25) is 39.3 Å². The molecule has 0 fully saturated rings. The topological polar surface area (TPSA) is 9.23 Å². The third kappa shape index (κ3) is 6.82. The minimum Gasteiger partial charge on any atom is -0.539 e. The van der Waals surface area contributed by atoms with Gasteiger partial charge in [-0.2, -0.15) is 0 Å². The molecule has 0 N–H and O–H groups in total. The van der Waals surface area contributed by atoms with Gasteiger partial charge >= 0.3 is 0 Å². The van der Waals surface area contributed by atoms with Gasteiger partial charge in [0.1, 0.15) is 0 Å². The molecule has 122 valence electrons. The van der Waals surface area contributed by atoms with Crippen molar-refractivity contribution < 1.29 is 4.43 Å². The van der Waals surface area contributed by atoms with Crippen molar-refractivity contribution in [2.45, 2.75) is 65.5 Å². The zero-order valence-electron chi connectivity index (χ0n) is 15.4. The van der Waals surface area contributed by atoms with Crippen LogP contribution in [-0.4, -0.2) is 16.4 Å². The molecule has 0 bridgehead atoms. The Morgan fingerprint density at radius 3 is 2.05 bits per heavy atom. The largest absolute Gasteiger partial charge is 0.539 e. The van der Waals surface area contributed by atoms with Crippen LogP contribution < -0.4 is 0 Å². The summed E-state index contributed by atoms with van der Waals surface area (Å²) >= 11 is 0. The van der Waals surface area contributed by atoms with Crippen molar-refractivity contribution >= 4 is 22.2 Å². The highest BCUT2D eigenvalue weighted by molar-refractivity contribution is 6.83. The van der Waals surface area contributed by atoms with Gasteiger partial charge in [-0.15, -0.1) is 0 Å². The lowest BCUT2D eigenvalue weighted by atomic mass is 10.2. The van der Waals surface area contributed by atoms with Crippen LogP contribution >= 0.6 is 0 Å². The highest BCUT2D eigenvalue weighted by Crippen LogP contribution is 2.25. The van der Waals surface area contributed by atoms with Crippen LogP contribution in [0.4, 0.5) is 0 Å². The second-order valence-corrected chi connectivity index (χ2v) is 17.4. The van der Waals surface area contributed by atoms with E-state index in [1.807, 2.05) is 0 Å². The minimum absolute atomic E-state index is 0.952. The van der Waals surface area contributed by atoms with Crippen molar-refractivity contribution in [1.82, 2.24) is 0 Å². The zero-order chi connectivity index (χ0) is 16.8. The number of allylic oxidation sites excluding steroid dienone is 1. The number of unbranched alkanes of at least 4 members (excludes halogenated alkanes) is 1. The van der Waals surface area contributed by atoms with Crippen LogP contribution in [0, 0.1) is 0 Å². The third-order valence-electron chi connectivity index (χ3n) is 3.39. The fourth-order valence-corrected chi connectivity index (χ4v) is 4.36. The van der Waals surface area contributed by atoms with Crippen LogP contribution in [-0.2, 0) is 4.43 Å². The van der Waals surface area contributed by atoms with Gasteiger partial charge in [0.25, 0.3) is 0 Å².